The Morgan fingerprint density at radius 2 is 2.24 bits per heavy atom. The van der Waals surface area contributed by atoms with Crippen molar-refractivity contribution in [3.63, 3.8) is 0 Å². The Morgan fingerprint density at radius 3 is 2.86 bits per heavy atom. The monoisotopic (exact) mass is 312 g/mol. The van der Waals surface area contributed by atoms with Crippen LogP contribution in [0.15, 0.2) is 28.9 Å². The molecule has 1 aromatic rings. The number of amides is 2. The maximum atomic E-state index is 12.0. The quantitative estimate of drug-likeness (QED) is 0.474. The lowest BCUT2D eigenvalue weighted by molar-refractivity contribution is -0.149. The van der Waals surface area contributed by atoms with E-state index in [1.807, 2.05) is 0 Å². The fourth-order valence-corrected chi connectivity index (χ4v) is 3.60. The molecule has 3 rings (SSSR count). The molecule has 2 atom stereocenters. The topological polar surface area (TPSA) is 108 Å². The van der Waals surface area contributed by atoms with Crippen molar-refractivity contribution in [1.29, 1.82) is 0 Å². The lowest BCUT2D eigenvalue weighted by Gasteiger charge is -2.42. The van der Waals surface area contributed by atoms with E-state index in [2.05, 4.69) is 0 Å². The molecule has 112 valence electrons. The molecule has 0 saturated carbocycles. The summed E-state index contributed by atoms with van der Waals surface area (Å²) in [5, 5.41) is 0. The molecule has 0 aliphatic carbocycles. The van der Waals surface area contributed by atoms with Crippen molar-refractivity contribution in [3.8, 4) is 0 Å². The molecule has 1 aromatic heterocycles. The maximum absolute atomic E-state index is 12.0. The van der Waals surface area contributed by atoms with E-state index in [-0.39, 0.29) is 6.54 Å². The molecular weight excluding hydrogens is 300 g/mol. The molecule has 9 heteroatoms. The molecule has 0 unspecified atom stereocenters. The molecule has 2 amide bonds. The van der Waals surface area contributed by atoms with Crippen molar-refractivity contribution >= 4 is 28.2 Å². The van der Waals surface area contributed by atoms with Gasteiger partial charge in [0, 0.05) is 12.6 Å². The molecule has 0 radical (unpaired) electrons. The molecular formula is C12H12N2O6S. The van der Waals surface area contributed by atoms with E-state index in [0.29, 0.717) is 16.5 Å². The standard InChI is InChI=1S/C12H12N2O6S/c15-10(4-3-8-2-1-7-20-8)13-6-5-9-11(13)12(16)14(9)21(17,18)19/h1-4,7,9,11H,5-6H2,(H,17,18,19)/t9-,11+/m1/s1. The highest BCUT2D eigenvalue weighted by atomic mass is 32.2. The minimum absolute atomic E-state index is 0.258. The van der Waals surface area contributed by atoms with Gasteiger partial charge in [-0.1, -0.05) is 0 Å². The third-order valence-electron chi connectivity index (χ3n) is 3.60. The largest absolute Gasteiger partial charge is 0.465 e. The number of hydrogen-bond donors (Lipinski definition) is 1. The van der Waals surface area contributed by atoms with Crippen molar-refractivity contribution in [2.45, 2.75) is 18.5 Å². The normalized spacial score (nSPS) is 25.3. The third-order valence-corrected chi connectivity index (χ3v) is 4.55. The Hall–Kier alpha value is -2.13. The number of hydrogen-bond acceptors (Lipinski definition) is 5. The van der Waals surface area contributed by atoms with Gasteiger partial charge in [-0.25, -0.2) is 4.31 Å². The average Bonchev–Trinajstić information content (AvgIpc) is 3.00. The van der Waals surface area contributed by atoms with Crippen LogP contribution in [-0.2, 0) is 19.9 Å². The van der Waals surface area contributed by atoms with Gasteiger partial charge in [-0.3, -0.25) is 14.1 Å². The molecule has 3 heterocycles. The minimum atomic E-state index is -4.55. The van der Waals surface area contributed by atoms with Crippen LogP contribution < -0.4 is 0 Å². The van der Waals surface area contributed by atoms with Crippen molar-refractivity contribution in [1.82, 2.24) is 9.21 Å². The van der Waals surface area contributed by atoms with E-state index in [4.69, 9.17) is 8.97 Å². The number of nitrogens with zero attached hydrogens (tertiary/aromatic N) is 2. The van der Waals surface area contributed by atoms with Crippen LogP contribution >= 0.6 is 0 Å². The molecule has 1 N–H and O–H groups in total. The summed E-state index contributed by atoms with van der Waals surface area (Å²) >= 11 is 0. The minimum Gasteiger partial charge on any atom is -0.465 e. The van der Waals surface area contributed by atoms with E-state index in [1.54, 1.807) is 12.1 Å². The van der Waals surface area contributed by atoms with Gasteiger partial charge in [0.2, 0.25) is 5.91 Å². The molecule has 2 aliphatic heterocycles. The number of fused-ring (bicyclic) bond motifs is 1. The van der Waals surface area contributed by atoms with Gasteiger partial charge >= 0.3 is 10.3 Å². The third kappa shape index (κ3) is 2.24. The summed E-state index contributed by atoms with van der Waals surface area (Å²) in [7, 11) is -4.55. The zero-order valence-corrected chi connectivity index (χ0v) is 11.6. The summed E-state index contributed by atoms with van der Waals surface area (Å²) in [6, 6.07) is 1.86. The van der Waals surface area contributed by atoms with E-state index < -0.39 is 34.2 Å². The van der Waals surface area contributed by atoms with Gasteiger partial charge in [0.1, 0.15) is 11.8 Å². The Bertz CT molecular complexity index is 708. The number of carbonyl (C=O) groups excluding carboxylic acids is 2. The Balaban J connectivity index is 1.72. The van der Waals surface area contributed by atoms with E-state index in [9.17, 15) is 18.0 Å². The van der Waals surface area contributed by atoms with Gasteiger partial charge in [0.15, 0.2) is 0 Å². The Morgan fingerprint density at radius 1 is 1.48 bits per heavy atom. The number of carbonyl (C=O) groups is 2. The summed E-state index contributed by atoms with van der Waals surface area (Å²) in [5.74, 6) is -0.680. The second-order valence-corrected chi connectivity index (χ2v) is 6.08. The van der Waals surface area contributed by atoms with Crippen molar-refractivity contribution in [2.24, 2.45) is 0 Å². The predicted molar refractivity (Wildman–Crippen MR) is 70.0 cm³/mol. The van der Waals surface area contributed by atoms with E-state index in [0.717, 1.165) is 0 Å². The lowest BCUT2D eigenvalue weighted by Crippen LogP contribution is -2.68. The fourth-order valence-electron chi connectivity index (χ4n) is 2.70. The van der Waals surface area contributed by atoms with Crippen LogP contribution in [0.1, 0.15) is 12.2 Å². The maximum Gasteiger partial charge on any atom is 0.362 e. The van der Waals surface area contributed by atoms with Crippen LogP contribution in [0.4, 0.5) is 0 Å². The van der Waals surface area contributed by atoms with Crippen LogP contribution in [0, 0.1) is 0 Å². The van der Waals surface area contributed by atoms with Crippen molar-refractivity contribution in [3.05, 3.63) is 30.2 Å². The van der Waals surface area contributed by atoms with E-state index in [1.165, 1.54) is 23.3 Å². The van der Waals surface area contributed by atoms with Crippen molar-refractivity contribution < 1.29 is 27.0 Å². The highest BCUT2D eigenvalue weighted by Gasteiger charge is 2.59. The summed E-state index contributed by atoms with van der Waals surface area (Å²) in [6.07, 6.45) is 4.52. The van der Waals surface area contributed by atoms with Gasteiger partial charge in [0.05, 0.1) is 12.3 Å². The zero-order valence-electron chi connectivity index (χ0n) is 10.7. The molecule has 0 spiro atoms. The van der Waals surface area contributed by atoms with Crippen LogP contribution in [0.2, 0.25) is 0 Å². The molecule has 8 nitrogen and oxygen atoms in total. The molecule has 0 aromatic carbocycles. The van der Waals surface area contributed by atoms with Gasteiger partial charge in [0.25, 0.3) is 5.91 Å². The molecule has 2 fully saturated rings. The van der Waals surface area contributed by atoms with Gasteiger partial charge < -0.3 is 9.32 Å². The summed E-state index contributed by atoms with van der Waals surface area (Å²) in [4.78, 5) is 25.1. The predicted octanol–water partition coefficient (Wildman–Crippen LogP) is -0.0927. The van der Waals surface area contributed by atoms with Gasteiger partial charge in [-0.05, 0) is 24.6 Å². The van der Waals surface area contributed by atoms with Crippen LogP contribution in [-0.4, -0.2) is 52.6 Å². The molecule has 0 bridgehead atoms. The first-order chi connectivity index (χ1) is 9.89. The smallest absolute Gasteiger partial charge is 0.362 e. The highest BCUT2D eigenvalue weighted by molar-refractivity contribution is 7.84. The Labute approximate surface area is 120 Å². The first kappa shape index (κ1) is 13.8. The molecule has 2 aliphatic rings. The number of β-lactam (4-membered cyclic amide) rings is 1. The highest BCUT2D eigenvalue weighted by Crippen LogP contribution is 2.35. The SMILES string of the molecule is O=C(C=Cc1ccco1)N1CC[C@@H]2[C@H]1C(=O)N2S(=O)(=O)O. The summed E-state index contributed by atoms with van der Waals surface area (Å²) < 4.78 is 36.5. The number of likely N-dealkylation sites (tertiary alicyclic amines) is 1. The van der Waals surface area contributed by atoms with Gasteiger partial charge in [-0.15, -0.1) is 0 Å². The summed E-state index contributed by atoms with van der Waals surface area (Å²) in [6.45, 7) is 0.258. The van der Waals surface area contributed by atoms with E-state index >= 15 is 0 Å². The second-order valence-electron chi connectivity index (χ2n) is 4.79. The molecule has 21 heavy (non-hydrogen) atoms. The number of furan rings is 1. The zero-order chi connectivity index (χ0) is 15.2. The average molecular weight is 312 g/mol. The van der Waals surface area contributed by atoms with Gasteiger partial charge in [-0.2, -0.15) is 8.42 Å². The first-order valence-electron chi connectivity index (χ1n) is 6.22. The molecule has 2 saturated heterocycles. The lowest BCUT2D eigenvalue weighted by atomic mass is 10.0. The second kappa shape index (κ2) is 4.71. The van der Waals surface area contributed by atoms with Crippen LogP contribution in [0.5, 0.6) is 0 Å². The van der Waals surface area contributed by atoms with Crippen molar-refractivity contribution in [2.75, 3.05) is 6.54 Å². The van der Waals surface area contributed by atoms with Crippen LogP contribution in [0.3, 0.4) is 0 Å². The first-order valence-corrected chi connectivity index (χ1v) is 7.62. The Kier molecular flexibility index (Phi) is 3.10. The fraction of sp³-hybridized carbons (Fsp3) is 0.333. The van der Waals surface area contributed by atoms with Crippen LogP contribution in [0.25, 0.3) is 6.08 Å². The summed E-state index contributed by atoms with van der Waals surface area (Å²) in [5.41, 5.74) is 0. The number of rotatable bonds is 3.